The lowest BCUT2D eigenvalue weighted by atomic mass is 10.1. The van der Waals surface area contributed by atoms with E-state index in [1.807, 2.05) is 0 Å². The van der Waals surface area contributed by atoms with Gasteiger partial charge in [0.05, 0.1) is 25.5 Å². The van der Waals surface area contributed by atoms with Gasteiger partial charge < -0.3 is 14.8 Å². The van der Waals surface area contributed by atoms with E-state index in [2.05, 4.69) is 5.32 Å². The Kier molecular flexibility index (Phi) is 4.95. The van der Waals surface area contributed by atoms with Crippen LogP contribution in [0.15, 0.2) is 36.4 Å². The minimum atomic E-state index is -0.579. The number of halogens is 1. The Morgan fingerprint density at radius 3 is 2.26 bits per heavy atom. The first kappa shape index (κ1) is 16.5. The van der Waals surface area contributed by atoms with Crippen LogP contribution in [0.1, 0.15) is 26.3 Å². The normalized spacial score (nSPS) is 10.1. The lowest BCUT2D eigenvalue weighted by Crippen LogP contribution is -2.17. The van der Waals surface area contributed by atoms with Crippen LogP contribution in [0.4, 0.5) is 10.1 Å². The molecule has 1 amide bonds. The molecule has 5 nitrogen and oxygen atoms in total. The summed E-state index contributed by atoms with van der Waals surface area (Å²) in [6, 6.07) is 8.23. The molecule has 0 unspecified atom stereocenters. The maximum Gasteiger partial charge on any atom is 0.339 e. The van der Waals surface area contributed by atoms with Crippen molar-refractivity contribution in [3.8, 4) is 5.75 Å². The van der Waals surface area contributed by atoms with Gasteiger partial charge in [-0.3, -0.25) is 4.79 Å². The number of ether oxygens (including phenoxy) is 2. The molecule has 2 rings (SSSR count). The fraction of sp³-hybridized carbons (Fsp3) is 0.176. The Morgan fingerprint density at radius 2 is 1.70 bits per heavy atom. The molecule has 2 aromatic rings. The van der Waals surface area contributed by atoms with Gasteiger partial charge in [0.1, 0.15) is 11.6 Å². The molecular weight excluding hydrogens is 301 g/mol. The van der Waals surface area contributed by atoms with Crippen molar-refractivity contribution in [2.45, 2.75) is 6.92 Å². The molecule has 0 bridgehead atoms. The molecule has 0 saturated carbocycles. The molecule has 6 heteroatoms. The molecule has 120 valence electrons. The minimum absolute atomic E-state index is 0.210. The van der Waals surface area contributed by atoms with Crippen LogP contribution >= 0.6 is 0 Å². The lowest BCUT2D eigenvalue weighted by Gasteiger charge is -2.15. The number of carbonyl (C=O) groups is 2. The highest BCUT2D eigenvalue weighted by Gasteiger charge is 2.19. The number of anilines is 1. The van der Waals surface area contributed by atoms with Crippen molar-refractivity contribution in [3.05, 3.63) is 58.9 Å². The van der Waals surface area contributed by atoms with E-state index >= 15 is 0 Å². The molecule has 0 fully saturated rings. The van der Waals surface area contributed by atoms with Crippen molar-refractivity contribution in [2.24, 2.45) is 0 Å². The highest BCUT2D eigenvalue weighted by atomic mass is 19.1. The predicted molar refractivity (Wildman–Crippen MR) is 83.4 cm³/mol. The van der Waals surface area contributed by atoms with Crippen LogP contribution in [0.2, 0.25) is 0 Å². The van der Waals surface area contributed by atoms with Crippen molar-refractivity contribution in [1.82, 2.24) is 0 Å². The highest BCUT2D eigenvalue weighted by Crippen LogP contribution is 2.30. The number of hydrogen-bond donors (Lipinski definition) is 1. The lowest BCUT2D eigenvalue weighted by molar-refractivity contribution is 0.0602. The van der Waals surface area contributed by atoms with Gasteiger partial charge in [0, 0.05) is 11.1 Å². The molecule has 2 aromatic carbocycles. The SMILES string of the molecule is COC(=O)c1ccc(OC)c(C)c1NC(=O)c1ccc(F)cc1. The number of rotatable bonds is 4. The molecular formula is C17H16FNO4. The van der Waals surface area contributed by atoms with Gasteiger partial charge in [-0.25, -0.2) is 9.18 Å². The topological polar surface area (TPSA) is 64.6 Å². The van der Waals surface area contributed by atoms with Crippen molar-refractivity contribution in [2.75, 3.05) is 19.5 Å². The van der Waals surface area contributed by atoms with Crippen LogP contribution in [0.25, 0.3) is 0 Å². The van der Waals surface area contributed by atoms with Crippen molar-refractivity contribution in [1.29, 1.82) is 0 Å². The smallest absolute Gasteiger partial charge is 0.339 e. The van der Waals surface area contributed by atoms with E-state index in [9.17, 15) is 14.0 Å². The van der Waals surface area contributed by atoms with E-state index in [0.29, 0.717) is 17.0 Å². The van der Waals surface area contributed by atoms with Crippen molar-refractivity contribution >= 4 is 17.6 Å². The first-order chi connectivity index (χ1) is 11.0. The van der Waals surface area contributed by atoms with Crippen molar-refractivity contribution in [3.63, 3.8) is 0 Å². The first-order valence-corrected chi connectivity index (χ1v) is 6.80. The van der Waals surface area contributed by atoms with Crippen LogP contribution in [0.3, 0.4) is 0 Å². The second-order valence-electron chi connectivity index (χ2n) is 4.77. The zero-order valence-electron chi connectivity index (χ0n) is 13.0. The quantitative estimate of drug-likeness (QED) is 0.880. The average Bonchev–Trinajstić information content (AvgIpc) is 2.56. The van der Waals surface area contributed by atoms with Gasteiger partial charge in [-0.15, -0.1) is 0 Å². The third kappa shape index (κ3) is 3.48. The number of methoxy groups -OCH3 is 2. The van der Waals surface area contributed by atoms with Crippen LogP contribution in [-0.4, -0.2) is 26.1 Å². The molecule has 0 atom stereocenters. The summed E-state index contributed by atoms with van der Waals surface area (Å²) in [5.41, 5.74) is 1.36. The zero-order valence-corrected chi connectivity index (χ0v) is 13.0. The molecule has 0 aliphatic heterocycles. The fourth-order valence-electron chi connectivity index (χ4n) is 2.14. The standard InChI is InChI=1S/C17H16FNO4/c1-10-14(22-2)9-8-13(17(21)23-3)15(10)19-16(20)11-4-6-12(18)7-5-11/h4-9H,1-3H3,(H,19,20). The summed E-state index contributed by atoms with van der Waals surface area (Å²) in [6.07, 6.45) is 0. The average molecular weight is 317 g/mol. The number of carbonyl (C=O) groups excluding carboxylic acids is 2. The summed E-state index contributed by atoms with van der Waals surface area (Å²) >= 11 is 0. The number of hydrogen-bond acceptors (Lipinski definition) is 4. The van der Waals surface area contributed by atoms with Gasteiger partial charge in [0.25, 0.3) is 5.91 Å². The molecule has 1 N–H and O–H groups in total. The van der Waals surface area contributed by atoms with Gasteiger partial charge in [-0.1, -0.05) is 0 Å². The number of benzene rings is 2. The summed E-state index contributed by atoms with van der Waals surface area (Å²) < 4.78 is 22.9. The van der Waals surface area contributed by atoms with Crippen LogP contribution in [0, 0.1) is 12.7 Å². The van der Waals surface area contributed by atoms with Gasteiger partial charge >= 0.3 is 5.97 Å². The maximum absolute atomic E-state index is 12.9. The van der Waals surface area contributed by atoms with Crippen molar-refractivity contribution < 1.29 is 23.5 Å². The molecule has 23 heavy (non-hydrogen) atoms. The Balaban J connectivity index is 2.42. The predicted octanol–water partition coefficient (Wildman–Crippen LogP) is 3.18. The van der Waals surface area contributed by atoms with Gasteiger partial charge in [-0.05, 0) is 43.3 Å². The Hall–Kier alpha value is -2.89. The summed E-state index contributed by atoms with van der Waals surface area (Å²) in [5, 5.41) is 2.66. The Morgan fingerprint density at radius 1 is 1.04 bits per heavy atom. The molecule has 0 radical (unpaired) electrons. The maximum atomic E-state index is 12.9. The largest absolute Gasteiger partial charge is 0.496 e. The number of amides is 1. The van der Waals surface area contributed by atoms with Crippen LogP contribution in [-0.2, 0) is 4.74 Å². The first-order valence-electron chi connectivity index (χ1n) is 6.80. The van der Waals surface area contributed by atoms with E-state index in [4.69, 9.17) is 9.47 Å². The summed E-state index contributed by atoms with van der Waals surface area (Å²) in [7, 11) is 2.75. The number of nitrogens with one attached hydrogen (secondary N) is 1. The third-order valence-corrected chi connectivity index (χ3v) is 3.39. The van der Waals surface area contributed by atoms with E-state index in [1.54, 1.807) is 13.0 Å². The van der Waals surface area contributed by atoms with Gasteiger partial charge in [0.2, 0.25) is 0 Å². The summed E-state index contributed by atoms with van der Waals surface area (Å²) in [6.45, 7) is 1.71. The molecule has 0 saturated heterocycles. The second-order valence-corrected chi connectivity index (χ2v) is 4.77. The van der Waals surface area contributed by atoms with Gasteiger partial charge in [-0.2, -0.15) is 0 Å². The van der Waals surface area contributed by atoms with E-state index in [1.165, 1.54) is 44.6 Å². The second kappa shape index (κ2) is 6.91. The highest BCUT2D eigenvalue weighted by molar-refractivity contribution is 6.08. The molecule has 0 aliphatic rings. The van der Waals surface area contributed by atoms with Crippen LogP contribution in [0.5, 0.6) is 5.75 Å². The monoisotopic (exact) mass is 317 g/mol. The van der Waals surface area contributed by atoms with Crippen LogP contribution < -0.4 is 10.1 Å². The molecule has 0 aromatic heterocycles. The van der Waals surface area contributed by atoms with E-state index < -0.39 is 17.7 Å². The molecule has 0 aliphatic carbocycles. The minimum Gasteiger partial charge on any atom is -0.496 e. The van der Waals surface area contributed by atoms with Gasteiger partial charge in [0.15, 0.2) is 0 Å². The van der Waals surface area contributed by atoms with E-state index in [0.717, 1.165) is 0 Å². The Labute approximate surface area is 133 Å². The molecule has 0 spiro atoms. The third-order valence-electron chi connectivity index (χ3n) is 3.39. The number of esters is 1. The zero-order chi connectivity index (χ0) is 17.0. The van der Waals surface area contributed by atoms with E-state index in [-0.39, 0.29) is 11.1 Å². The summed E-state index contributed by atoms with van der Waals surface area (Å²) in [4.78, 5) is 24.2. The molecule has 0 heterocycles. The Bertz CT molecular complexity index is 741. The summed E-state index contributed by atoms with van der Waals surface area (Å²) in [5.74, 6) is -0.960. The fourth-order valence-corrected chi connectivity index (χ4v) is 2.14.